The van der Waals surface area contributed by atoms with Crippen molar-refractivity contribution < 1.29 is 9.53 Å². The van der Waals surface area contributed by atoms with Crippen LogP contribution < -0.4 is 15.4 Å². The van der Waals surface area contributed by atoms with Gasteiger partial charge in [-0.1, -0.05) is 36.6 Å². The number of para-hydroxylation sites is 2. The van der Waals surface area contributed by atoms with Crippen molar-refractivity contribution in [3.8, 4) is 5.75 Å². The number of nitrogens with one attached hydrogen (secondary N) is 2. The van der Waals surface area contributed by atoms with Gasteiger partial charge in [0, 0.05) is 35.4 Å². The van der Waals surface area contributed by atoms with Gasteiger partial charge < -0.3 is 15.4 Å². The van der Waals surface area contributed by atoms with Crippen molar-refractivity contribution >= 4 is 40.5 Å². The number of carbonyl (C=O) groups excluding carboxylic acids is 1. The Hall–Kier alpha value is -2.76. The Bertz CT molecular complexity index is 999. The fourth-order valence-electron chi connectivity index (χ4n) is 3.19. The molecule has 2 aromatic carbocycles. The molecule has 1 amide bonds. The second kappa shape index (κ2) is 12.9. The SMILES string of the molecule is O=C(Nc1ccccc1NCc1cc(Cl)ccc1OCCCCCCCl)c1cccnc1. The van der Waals surface area contributed by atoms with Gasteiger partial charge in [0.2, 0.25) is 0 Å². The molecule has 0 fully saturated rings. The number of aromatic nitrogens is 1. The summed E-state index contributed by atoms with van der Waals surface area (Å²) in [6, 6.07) is 16.6. The molecule has 0 unspecified atom stereocenters. The van der Waals surface area contributed by atoms with E-state index in [-0.39, 0.29) is 5.91 Å². The Morgan fingerprint density at radius 3 is 2.56 bits per heavy atom. The van der Waals surface area contributed by atoms with Gasteiger partial charge in [0.1, 0.15) is 5.75 Å². The minimum Gasteiger partial charge on any atom is -0.493 e. The molecule has 3 aromatic rings. The number of pyridine rings is 1. The molecule has 32 heavy (non-hydrogen) atoms. The number of rotatable bonds is 12. The molecule has 1 aromatic heterocycles. The normalized spacial score (nSPS) is 10.6. The number of unbranched alkanes of at least 4 members (excludes halogenated alkanes) is 3. The van der Waals surface area contributed by atoms with E-state index in [4.69, 9.17) is 27.9 Å². The van der Waals surface area contributed by atoms with Crippen molar-refractivity contribution in [2.24, 2.45) is 0 Å². The quantitative estimate of drug-likeness (QED) is 0.225. The molecule has 0 radical (unpaired) electrons. The zero-order chi connectivity index (χ0) is 22.6. The molecule has 1 heterocycles. The Labute approximate surface area is 199 Å². The summed E-state index contributed by atoms with van der Waals surface area (Å²) < 4.78 is 6.01. The lowest BCUT2D eigenvalue weighted by Crippen LogP contribution is -2.14. The van der Waals surface area contributed by atoms with Crippen molar-refractivity contribution in [2.45, 2.75) is 32.2 Å². The molecule has 0 aliphatic carbocycles. The van der Waals surface area contributed by atoms with E-state index >= 15 is 0 Å². The second-order valence-corrected chi connectivity index (χ2v) is 8.11. The van der Waals surface area contributed by atoms with Gasteiger partial charge in [-0.25, -0.2) is 0 Å². The molecule has 5 nitrogen and oxygen atoms in total. The minimum atomic E-state index is -0.215. The van der Waals surface area contributed by atoms with Crippen LogP contribution in [0, 0.1) is 0 Å². The van der Waals surface area contributed by atoms with Crippen LogP contribution in [-0.2, 0) is 6.54 Å². The number of alkyl halides is 1. The first-order valence-electron chi connectivity index (χ1n) is 10.7. The zero-order valence-electron chi connectivity index (χ0n) is 17.8. The average molecular weight is 472 g/mol. The number of halogens is 2. The first kappa shape index (κ1) is 23.9. The highest BCUT2D eigenvalue weighted by molar-refractivity contribution is 6.30. The van der Waals surface area contributed by atoms with E-state index in [1.807, 2.05) is 42.5 Å². The van der Waals surface area contributed by atoms with Crippen molar-refractivity contribution in [3.63, 3.8) is 0 Å². The first-order valence-corrected chi connectivity index (χ1v) is 11.6. The highest BCUT2D eigenvalue weighted by Crippen LogP contribution is 2.27. The van der Waals surface area contributed by atoms with Gasteiger partial charge in [-0.3, -0.25) is 9.78 Å². The summed E-state index contributed by atoms with van der Waals surface area (Å²) in [6.07, 6.45) is 7.40. The van der Waals surface area contributed by atoms with Crippen LogP contribution in [0.2, 0.25) is 5.02 Å². The van der Waals surface area contributed by atoms with E-state index in [0.29, 0.717) is 35.3 Å². The topological polar surface area (TPSA) is 63.2 Å². The summed E-state index contributed by atoms with van der Waals surface area (Å²) in [5.41, 5.74) is 2.94. The minimum absolute atomic E-state index is 0.215. The third-order valence-corrected chi connectivity index (χ3v) is 5.38. The van der Waals surface area contributed by atoms with Crippen molar-refractivity contribution in [1.29, 1.82) is 0 Å². The van der Waals surface area contributed by atoms with Crippen LogP contribution in [0.25, 0.3) is 0 Å². The molecule has 0 atom stereocenters. The fourth-order valence-corrected chi connectivity index (χ4v) is 3.57. The van der Waals surface area contributed by atoms with Gasteiger partial charge in [0.25, 0.3) is 5.91 Å². The molecular formula is C25H27Cl2N3O2. The average Bonchev–Trinajstić information content (AvgIpc) is 2.82. The van der Waals surface area contributed by atoms with Crippen LogP contribution in [-0.4, -0.2) is 23.4 Å². The number of amides is 1. The number of hydrogen-bond acceptors (Lipinski definition) is 4. The largest absolute Gasteiger partial charge is 0.493 e. The predicted molar refractivity (Wildman–Crippen MR) is 132 cm³/mol. The number of ether oxygens (including phenoxy) is 1. The number of nitrogens with zero attached hydrogens (tertiary/aromatic N) is 1. The summed E-state index contributed by atoms with van der Waals surface area (Å²) in [7, 11) is 0. The summed E-state index contributed by atoms with van der Waals surface area (Å²) in [5, 5.41) is 6.98. The molecule has 0 saturated heterocycles. The Balaban J connectivity index is 1.63. The van der Waals surface area contributed by atoms with Crippen molar-refractivity contribution in [1.82, 2.24) is 4.98 Å². The molecule has 7 heteroatoms. The van der Waals surface area contributed by atoms with Crippen LogP contribution in [0.3, 0.4) is 0 Å². The summed E-state index contributed by atoms with van der Waals surface area (Å²) in [5.74, 6) is 1.29. The predicted octanol–water partition coefficient (Wildman–Crippen LogP) is 6.78. The van der Waals surface area contributed by atoms with Gasteiger partial charge in [-0.05, 0) is 55.3 Å². The van der Waals surface area contributed by atoms with Crippen LogP contribution in [0.15, 0.2) is 67.0 Å². The van der Waals surface area contributed by atoms with Crippen LogP contribution in [0.4, 0.5) is 11.4 Å². The third kappa shape index (κ3) is 7.43. The van der Waals surface area contributed by atoms with Crippen LogP contribution in [0.1, 0.15) is 41.6 Å². The van der Waals surface area contributed by atoms with E-state index in [2.05, 4.69) is 15.6 Å². The van der Waals surface area contributed by atoms with E-state index < -0.39 is 0 Å². The van der Waals surface area contributed by atoms with Crippen molar-refractivity contribution in [2.75, 3.05) is 23.1 Å². The highest BCUT2D eigenvalue weighted by atomic mass is 35.5. The van der Waals surface area contributed by atoms with Gasteiger partial charge >= 0.3 is 0 Å². The summed E-state index contributed by atoms with van der Waals surface area (Å²) in [6.45, 7) is 1.15. The highest BCUT2D eigenvalue weighted by Gasteiger charge is 2.10. The molecule has 0 aliphatic rings. The van der Waals surface area contributed by atoms with Crippen LogP contribution in [0.5, 0.6) is 5.75 Å². The van der Waals surface area contributed by atoms with Gasteiger partial charge in [-0.15, -0.1) is 11.6 Å². The van der Waals surface area contributed by atoms with E-state index in [0.717, 1.165) is 42.7 Å². The van der Waals surface area contributed by atoms with Gasteiger partial charge in [0.05, 0.1) is 23.5 Å². The smallest absolute Gasteiger partial charge is 0.257 e. The lowest BCUT2D eigenvalue weighted by atomic mass is 10.1. The number of carbonyl (C=O) groups is 1. The summed E-state index contributed by atoms with van der Waals surface area (Å²) in [4.78, 5) is 16.5. The first-order chi connectivity index (χ1) is 15.7. The maximum atomic E-state index is 12.5. The number of hydrogen-bond donors (Lipinski definition) is 2. The Morgan fingerprint density at radius 2 is 1.78 bits per heavy atom. The second-order valence-electron chi connectivity index (χ2n) is 7.30. The molecule has 0 aliphatic heterocycles. The standard InChI is InChI=1S/C25H27Cl2N3O2/c26-13-5-1-2-6-15-32-24-12-11-21(27)16-20(24)18-29-22-9-3-4-10-23(22)30-25(31)19-8-7-14-28-17-19/h3-4,7-12,14,16-17,29H,1-2,5-6,13,15,18H2,(H,30,31). The summed E-state index contributed by atoms with van der Waals surface area (Å²) >= 11 is 12.0. The van der Waals surface area contributed by atoms with E-state index in [1.54, 1.807) is 18.3 Å². The van der Waals surface area contributed by atoms with E-state index in [9.17, 15) is 4.79 Å². The Morgan fingerprint density at radius 1 is 0.969 bits per heavy atom. The Kier molecular flexibility index (Phi) is 9.66. The molecule has 0 bridgehead atoms. The molecule has 168 valence electrons. The number of benzene rings is 2. The third-order valence-electron chi connectivity index (χ3n) is 4.88. The zero-order valence-corrected chi connectivity index (χ0v) is 19.3. The fraction of sp³-hybridized carbons (Fsp3) is 0.280. The molecule has 3 rings (SSSR count). The maximum Gasteiger partial charge on any atom is 0.257 e. The van der Waals surface area contributed by atoms with Crippen molar-refractivity contribution in [3.05, 3.63) is 83.1 Å². The monoisotopic (exact) mass is 471 g/mol. The maximum absolute atomic E-state index is 12.5. The lowest BCUT2D eigenvalue weighted by Gasteiger charge is -2.16. The van der Waals surface area contributed by atoms with Crippen LogP contribution >= 0.6 is 23.2 Å². The van der Waals surface area contributed by atoms with Gasteiger partial charge in [-0.2, -0.15) is 0 Å². The lowest BCUT2D eigenvalue weighted by molar-refractivity contribution is 0.102. The number of anilines is 2. The van der Waals surface area contributed by atoms with Gasteiger partial charge in [0.15, 0.2) is 0 Å². The molecule has 2 N–H and O–H groups in total. The molecular weight excluding hydrogens is 445 g/mol. The molecule has 0 spiro atoms. The molecule has 0 saturated carbocycles. The van der Waals surface area contributed by atoms with E-state index in [1.165, 1.54) is 6.20 Å².